The molecule has 2 aromatic carbocycles. The van der Waals surface area contributed by atoms with E-state index in [1.807, 2.05) is 0 Å². The molecule has 0 bridgehead atoms. The number of halogens is 3. The maximum atomic E-state index is 13.3. The molecule has 0 atom stereocenters. The molecule has 6 nitrogen and oxygen atoms in total. The monoisotopic (exact) mass is 411 g/mol. The highest BCUT2D eigenvalue weighted by Gasteiger charge is 2.20. The van der Waals surface area contributed by atoms with Gasteiger partial charge in [-0.25, -0.2) is 13.6 Å². The maximum absolute atomic E-state index is 13.3. The van der Waals surface area contributed by atoms with E-state index in [9.17, 15) is 18.4 Å². The highest BCUT2D eigenvalue weighted by Crippen LogP contribution is 2.32. The van der Waals surface area contributed by atoms with Crippen molar-refractivity contribution in [3.05, 3.63) is 58.1 Å². The number of rotatable bonds is 6. The fraction of sp³-hybridized carbons (Fsp3) is 0.263. The van der Waals surface area contributed by atoms with E-state index in [1.54, 1.807) is 25.1 Å². The molecule has 9 heteroatoms. The van der Waals surface area contributed by atoms with Gasteiger partial charge in [0, 0.05) is 13.1 Å². The standard InChI is InChI=1S/C19H16ClF2NO5/c1-2-23(8-11-3-4-16-17(5-11)28-10-27-16)18(24)9-26-19(25)12-6-14(21)15(22)7-13(12)20/h3-7H,2,8-10H2,1H3. The zero-order valence-electron chi connectivity index (χ0n) is 14.8. The van der Waals surface area contributed by atoms with Crippen molar-refractivity contribution in [3.63, 3.8) is 0 Å². The largest absolute Gasteiger partial charge is 0.454 e. The molecule has 1 heterocycles. The van der Waals surface area contributed by atoms with Crippen LogP contribution in [0.2, 0.25) is 5.02 Å². The summed E-state index contributed by atoms with van der Waals surface area (Å²) >= 11 is 5.73. The molecule has 0 unspecified atom stereocenters. The Balaban J connectivity index is 1.61. The first kappa shape index (κ1) is 19.9. The van der Waals surface area contributed by atoms with Gasteiger partial charge in [0.15, 0.2) is 29.7 Å². The Morgan fingerprint density at radius 3 is 2.61 bits per heavy atom. The van der Waals surface area contributed by atoms with Crippen molar-refractivity contribution in [1.82, 2.24) is 4.90 Å². The average Bonchev–Trinajstić information content (AvgIpc) is 3.14. The molecule has 148 valence electrons. The number of likely N-dealkylation sites (N-methyl/N-ethyl adjacent to an activating group) is 1. The van der Waals surface area contributed by atoms with Gasteiger partial charge in [-0.05, 0) is 36.8 Å². The fourth-order valence-corrected chi connectivity index (χ4v) is 2.84. The van der Waals surface area contributed by atoms with Crippen LogP contribution in [0, 0.1) is 11.6 Å². The molecule has 2 aromatic rings. The minimum atomic E-state index is -1.24. The average molecular weight is 412 g/mol. The number of hydrogen-bond acceptors (Lipinski definition) is 5. The predicted molar refractivity (Wildman–Crippen MR) is 95.3 cm³/mol. The molecule has 0 saturated heterocycles. The molecule has 0 aromatic heterocycles. The number of carbonyl (C=O) groups is 2. The lowest BCUT2D eigenvalue weighted by Crippen LogP contribution is -2.34. The van der Waals surface area contributed by atoms with Crippen molar-refractivity contribution < 1.29 is 32.6 Å². The molecule has 1 amide bonds. The van der Waals surface area contributed by atoms with Gasteiger partial charge < -0.3 is 19.1 Å². The van der Waals surface area contributed by atoms with E-state index >= 15 is 0 Å². The lowest BCUT2D eigenvalue weighted by atomic mass is 10.2. The number of amides is 1. The van der Waals surface area contributed by atoms with Crippen molar-refractivity contribution in [3.8, 4) is 11.5 Å². The van der Waals surface area contributed by atoms with E-state index in [0.29, 0.717) is 30.2 Å². The van der Waals surface area contributed by atoms with Crippen LogP contribution in [-0.4, -0.2) is 36.7 Å². The predicted octanol–water partition coefficient (Wildman–Crippen LogP) is 3.55. The third kappa shape index (κ3) is 4.33. The molecular formula is C19H16ClF2NO5. The van der Waals surface area contributed by atoms with E-state index in [-0.39, 0.29) is 23.9 Å². The Kier molecular flexibility index (Phi) is 5.99. The molecule has 0 fully saturated rings. The smallest absolute Gasteiger partial charge is 0.340 e. The Morgan fingerprint density at radius 1 is 1.14 bits per heavy atom. The van der Waals surface area contributed by atoms with E-state index in [4.69, 9.17) is 25.8 Å². The Labute approximate surface area is 164 Å². The van der Waals surface area contributed by atoms with Crippen LogP contribution in [0.25, 0.3) is 0 Å². The molecule has 0 aliphatic carbocycles. The Bertz CT molecular complexity index is 921. The first-order chi connectivity index (χ1) is 13.4. The highest BCUT2D eigenvalue weighted by molar-refractivity contribution is 6.33. The molecule has 3 rings (SSSR count). The SMILES string of the molecule is CCN(Cc1ccc2c(c1)OCO2)C(=O)COC(=O)c1cc(F)c(F)cc1Cl. The van der Waals surface area contributed by atoms with Crippen LogP contribution in [0.4, 0.5) is 8.78 Å². The number of nitrogens with zero attached hydrogens (tertiary/aromatic N) is 1. The van der Waals surface area contributed by atoms with Crippen molar-refractivity contribution in [2.75, 3.05) is 19.9 Å². The number of fused-ring (bicyclic) bond motifs is 1. The number of carbonyl (C=O) groups excluding carboxylic acids is 2. The fourth-order valence-electron chi connectivity index (χ4n) is 2.61. The third-order valence-corrected chi connectivity index (χ3v) is 4.41. The van der Waals surface area contributed by atoms with Gasteiger partial charge in [-0.3, -0.25) is 4.79 Å². The van der Waals surface area contributed by atoms with Crippen LogP contribution in [0.1, 0.15) is 22.8 Å². The van der Waals surface area contributed by atoms with Crippen molar-refractivity contribution >= 4 is 23.5 Å². The van der Waals surface area contributed by atoms with Crippen LogP contribution in [0.5, 0.6) is 11.5 Å². The van der Waals surface area contributed by atoms with Gasteiger partial charge in [0.2, 0.25) is 6.79 Å². The molecule has 0 saturated carbocycles. The van der Waals surface area contributed by atoms with Gasteiger partial charge in [0.25, 0.3) is 5.91 Å². The summed E-state index contributed by atoms with van der Waals surface area (Å²) in [6.07, 6.45) is 0. The summed E-state index contributed by atoms with van der Waals surface area (Å²) in [5.74, 6) is -2.65. The molecule has 28 heavy (non-hydrogen) atoms. The number of benzene rings is 2. The quantitative estimate of drug-likeness (QED) is 0.537. The van der Waals surface area contributed by atoms with Gasteiger partial charge in [0.05, 0.1) is 10.6 Å². The second-order valence-corrected chi connectivity index (χ2v) is 6.33. The van der Waals surface area contributed by atoms with Crippen molar-refractivity contribution in [2.24, 2.45) is 0 Å². The molecule has 1 aliphatic rings. The Morgan fingerprint density at radius 2 is 1.86 bits per heavy atom. The molecular weight excluding hydrogens is 396 g/mol. The minimum Gasteiger partial charge on any atom is -0.454 e. The maximum Gasteiger partial charge on any atom is 0.340 e. The summed E-state index contributed by atoms with van der Waals surface area (Å²) in [6.45, 7) is 2.01. The summed E-state index contributed by atoms with van der Waals surface area (Å²) < 4.78 is 41.9. The van der Waals surface area contributed by atoms with Gasteiger partial charge in [-0.15, -0.1) is 0 Å². The van der Waals surface area contributed by atoms with Gasteiger partial charge in [-0.2, -0.15) is 0 Å². The second kappa shape index (κ2) is 8.43. The van der Waals surface area contributed by atoms with Crippen LogP contribution < -0.4 is 9.47 Å². The van der Waals surface area contributed by atoms with E-state index in [1.165, 1.54) is 4.90 Å². The van der Waals surface area contributed by atoms with Crippen LogP contribution in [-0.2, 0) is 16.1 Å². The highest BCUT2D eigenvalue weighted by atomic mass is 35.5. The molecule has 0 radical (unpaired) electrons. The number of ether oxygens (including phenoxy) is 3. The Hall–Kier alpha value is -2.87. The molecule has 1 aliphatic heterocycles. The first-order valence-electron chi connectivity index (χ1n) is 8.37. The lowest BCUT2D eigenvalue weighted by molar-refractivity contribution is -0.134. The normalized spacial score (nSPS) is 12.0. The summed E-state index contributed by atoms with van der Waals surface area (Å²) in [5, 5.41) is -0.302. The minimum absolute atomic E-state index is 0.150. The topological polar surface area (TPSA) is 65.1 Å². The van der Waals surface area contributed by atoms with Gasteiger partial charge in [0.1, 0.15) is 0 Å². The second-order valence-electron chi connectivity index (χ2n) is 5.92. The van der Waals surface area contributed by atoms with Gasteiger partial charge >= 0.3 is 5.97 Å². The molecule has 0 spiro atoms. The summed E-state index contributed by atoms with van der Waals surface area (Å²) in [7, 11) is 0. The van der Waals surface area contributed by atoms with Crippen LogP contribution in [0.15, 0.2) is 30.3 Å². The third-order valence-electron chi connectivity index (χ3n) is 4.10. The van der Waals surface area contributed by atoms with Crippen LogP contribution >= 0.6 is 11.6 Å². The molecule has 0 N–H and O–H groups in total. The number of esters is 1. The number of hydrogen-bond donors (Lipinski definition) is 0. The summed E-state index contributed by atoms with van der Waals surface area (Å²) in [4.78, 5) is 25.9. The zero-order valence-corrected chi connectivity index (χ0v) is 15.6. The zero-order chi connectivity index (χ0) is 20.3. The lowest BCUT2D eigenvalue weighted by Gasteiger charge is -2.21. The van der Waals surface area contributed by atoms with E-state index in [2.05, 4.69) is 0 Å². The van der Waals surface area contributed by atoms with Crippen molar-refractivity contribution in [1.29, 1.82) is 0 Å². The van der Waals surface area contributed by atoms with Gasteiger partial charge in [-0.1, -0.05) is 17.7 Å². The van der Waals surface area contributed by atoms with Crippen molar-refractivity contribution in [2.45, 2.75) is 13.5 Å². The first-order valence-corrected chi connectivity index (χ1v) is 8.74. The van der Waals surface area contributed by atoms with Crippen LogP contribution in [0.3, 0.4) is 0 Å². The summed E-state index contributed by atoms with van der Waals surface area (Å²) in [5.41, 5.74) is 0.460. The summed E-state index contributed by atoms with van der Waals surface area (Å²) in [6, 6.07) is 6.63. The van der Waals surface area contributed by atoms with E-state index < -0.39 is 30.1 Å². The van der Waals surface area contributed by atoms with E-state index in [0.717, 1.165) is 5.56 Å².